The summed E-state index contributed by atoms with van der Waals surface area (Å²) >= 11 is 7.09. The Kier molecular flexibility index (Phi) is 16.2. The average Bonchev–Trinajstić information content (AvgIpc) is 3.69. The van der Waals surface area contributed by atoms with E-state index in [0.717, 1.165) is 29.9 Å². The van der Waals surface area contributed by atoms with E-state index in [1.165, 1.54) is 97.0 Å². The van der Waals surface area contributed by atoms with Crippen LogP contribution in [0.5, 0.6) is 0 Å². The molecule has 388 valence electrons. The van der Waals surface area contributed by atoms with Gasteiger partial charge < -0.3 is 9.45 Å². The van der Waals surface area contributed by atoms with E-state index in [2.05, 4.69) is 238 Å². The Morgan fingerprint density at radius 3 is 1.69 bits per heavy atom. The first-order valence-electron chi connectivity index (χ1n) is 26.0. The van der Waals surface area contributed by atoms with E-state index in [-0.39, 0.29) is 47.8 Å². The topological polar surface area (TPSA) is 63.5 Å². The Morgan fingerprint density at radius 1 is 0.640 bits per heavy atom. The summed E-state index contributed by atoms with van der Waals surface area (Å²) in [5.74, 6) is 0. The largest absolute Gasteiger partial charge is 0.744 e. The number of anilines is 1. The summed E-state index contributed by atoms with van der Waals surface area (Å²) in [6.07, 6.45) is 12.3. The SMILES string of the molecule is CC(C)(C)c1ccc([I+]c2ccc(C(C)(C)C)cc2)cc1.CN1C(=CC=C2CCCC(C=CC3=[N+](C)c4ccc5ccccc5c4C3(C)C)=C2Cl)C(C)(C)c2c1ccc1ccccc21.Cc1ccc(S(=O)(=O)[O-])cc1. The molecule has 5 nitrogen and oxygen atoms in total. The first-order chi connectivity index (χ1) is 35.3. The zero-order chi connectivity index (χ0) is 54.3. The van der Waals surface area contributed by atoms with Gasteiger partial charge in [0.05, 0.1) is 10.3 Å². The lowest BCUT2D eigenvalue weighted by Gasteiger charge is -2.25. The maximum Gasteiger partial charge on any atom is 0.357 e. The number of benzene rings is 7. The standard InChI is InChI=1S/C40H40ClN2.C20H26I.C7H8O3S/c1-39(2)34(42(5)32-22-18-26-12-7-9-16-30(26)36(32)39)24-20-28-14-11-15-29(38(28)41)21-25-35-40(3,4)37-31-17-10-8-13-27(31)19-23-33(37)43(35)6;1-19(2,3)15-7-11-17(12-8-15)21-18-13-9-16(10-14-18)20(4,5)6;1-6-2-4-7(5-3-6)11(8,9)10/h7-10,12-13,16-25H,11,14-15H2,1-6H3;7-14H,1-6H3;2-5H,1H3,(H,8,9,10)/q2*+1;/p-1. The summed E-state index contributed by atoms with van der Waals surface area (Å²) in [4.78, 5) is 2.18. The molecular formula is C67H73ClIN2O3S+. The molecule has 0 fully saturated rings. The Bertz CT molecular complexity index is 3490. The van der Waals surface area contributed by atoms with Gasteiger partial charge in [-0.25, -0.2) is 8.42 Å². The zero-order valence-electron chi connectivity index (χ0n) is 46.1. The molecule has 0 spiro atoms. The number of hydrogen-bond acceptors (Lipinski definition) is 4. The van der Waals surface area contributed by atoms with Crippen LogP contribution in [0.15, 0.2) is 197 Å². The van der Waals surface area contributed by atoms with Crippen LogP contribution in [0.2, 0.25) is 0 Å². The Balaban J connectivity index is 0.000000192. The van der Waals surface area contributed by atoms with Crippen molar-refractivity contribution in [3.8, 4) is 0 Å². The summed E-state index contributed by atoms with van der Waals surface area (Å²) in [7, 11) is 0.114. The van der Waals surface area contributed by atoms with Crippen molar-refractivity contribution in [2.24, 2.45) is 0 Å². The summed E-state index contributed by atoms with van der Waals surface area (Å²) in [6.45, 7) is 24.8. The van der Waals surface area contributed by atoms with Crippen LogP contribution in [0.1, 0.15) is 116 Å². The molecule has 75 heavy (non-hydrogen) atoms. The van der Waals surface area contributed by atoms with E-state index in [1.807, 2.05) is 6.92 Å². The van der Waals surface area contributed by atoms with Gasteiger partial charge in [-0.15, -0.1) is 0 Å². The molecule has 8 heteroatoms. The molecule has 0 saturated carbocycles. The van der Waals surface area contributed by atoms with E-state index in [1.54, 1.807) is 12.1 Å². The molecule has 10 rings (SSSR count). The molecule has 7 aromatic rings. The molecule has 3 aliphatic rings. The number of allylic oxidation sites excluding steroid dienone is 8. The van der Waals surface area contributed by atoms with Crippen molar-refractivity contribution < 1.29 is 38.8 Å². The van der Waals surface area contributed by atoms with Crippen LogP contribution >= 0.6 is 11.6 Å². The van der Waals surface area contributed by atoms with E-state index < -0.39 is 10.1 Å². The molecule has 1 aliphatic carbocycles. The lowest BCUT2D eigenvalue weighted by atomic mass is 9.79. The highest BCUT2D eigenvalue weighted by molar-refractivity contribution is 7.85. The molecule has 2 heterocycles. The van der Waals surface area contributed by atoms with Gasteiger partial charge in [0, 0.05) is 46.6 Å². The Labute approximate surface area is 463 Å². The van der Waals surface area contributed by atoms with E-state index in [9.17, 15) is 13.0 Å². The van der Waals surface area contributed by atoms with Crippen molar-refractivity contribution in [3.63, 3.8) is 0 Å². The smallest absolute Gasteiger partial charge is 0.357 e. The van der Waals surface area contributed by atoms with Crippen LogP contribution in [0.3, 0.4) is 0 Å². The average molecular weight is 1150 g/mol. The molecule has 0 amide bonds. The van der Waals surface area contributed by atoms with E-state index >= 15 is 0 Å². The number of aryl methyl sites for hydroxylation is 1. The molecule has 0 aromatic heterocycles. The van der Waals surface area contributed by atoms with E-state index in [0.29, 0.717) is 0 Å². The van der Waals surface area contributed by atoms with Crippen molar-refractivity contribution >= 4 is 60.4 Å². The number of rotatable bonds is 6. The Hall–Kier alpha value is -5.58. The van der Waals surface area contributed by atoms with Crippen LogP contribution in [0, 0.1) is 14.1 Å². The minimum absolute atomic E-state index is 0.0703. The molecular weight excluding hydrogens is 1080 g/mol. The third kappa shape index (κ3) is 12.0. The number of halogens is 2. The van der Waals surface area contributed by atoms with Crippen molar-refractivity contribution in [2.45, 2.75) is 122 Å². The summed E-state index contributed by atoms with van der Waals surface area (Å²) in [6, 6.07) is 50.7. The number of likely N-dealkylation sites (N-methyl/N-ethyl adjacent to an activating group) is 1. The second kappa shape index (κ2) is 21.8. The monoisotopic (exact) mass is 1150 g/mol. The highest BCUT2D eigenvalue weighted by Crippen LogP contribution is 2.50. The van der Waals surface area contributed by atoms with Gasteiger partial charge in [-0.2, -0.15) is 4.58 Å². The van der Waals surface area contributed by atoms with Crippen LogP contribution in [-0.2, 0) is 31.8 Å². The van der Waals surface area contributed by atoms with Gasteiger partial charge in [0.15, 0.2) is 12.9 Å². The second-order valence-corrected chi connectivity index (χ2v) is 28.0. The van der Waals surface area contributed by atoms with Gasteiger partial charge in [-0.3, -0.25) is 0 Å². The fourth-order valence-corrected chi connectivity index (χ4v) is 13.8. The number of fused-ring (bicyclic) bond motifs is 6. The van der Waals surface area contributed by atoms with Gasteiger partial charge >= 0.3 is 21.2 Å². The summed E-state index contributed by atoms with van der Waals surface area (Å²) in [5.41, 5.74) is 14.5. The highest BCUT2D eigenvalue weighted by Gasteiger charge is 2.44. The first-order valence-corrected chi connectivity index (χ1v) is 30.0. The fourth-order valence-electron chi connectivity index (χ4n) is 10.8. The zero-order valence-corrected chi connectivity index (χ0v) is 49.8. The fraction of sp³-hybridized carbons (Fsp3) is 0.299. The molecule has 0 bridgehead atoms. The van der Waals surface area contributed by atoms with E-state index in [4.69, 9.17) is 11.6 Å². The number of hydrogen-bond donors (Lipinski definition) is 0. The molecule has 0 saturated heterocycles. The van der Waals surface area contributed by atoms with Crippen molar-refractivity contribution in [1.29, 1.82) is 0 Å². The van der Waals surface area contributed by atoms with Crippen LogP contribution < -0.4 is 26.1 Å². The lowest BCUT2D eigenvalue weighted by Crippen LogP contribution is -3.61. The maximum absolute atomic E-state index is 10.4. The minimum Gasteiger partial charge on any atom is -0.744 e. The molecule has 2 aliphatic heterocycles. The predicted molar refractivity (Wildman–Crippen MR) is 312 cm³/mol. The molecule has 7 aromatic carbocycles. The molecule has 0 atom stereocenters. The summed E-state index contributed by atoms with van der Waals surface area (Å²) in [5, 5.41) is 6.17. The Morgan fingerprint density at radius 2 is 1.16 bits per heavy atom. The molecule has 0 unspecified atom stereocenters. The van der Waals surface area contributed by atoms with Gasteiger partial charge in [0.1, 0.15) is 17.2 Å². The first kappa shape index (κ1) is 55.6. The number of nitrogens with zero attached hydrogens (tertiary/aromatic N) is 2. The lowest BCUT2D eigenvalue weighted by molar-refractivity contribution is -0.597. The van der Waals surface area contributed by atoms with Crippen molar-refractivity contribution in [1.82, 2.24) is 0 Å². The third-order valence-corrected chi connectivity index (χ3v) is 19.1. The van der Waals surface area contributed by atoms with Crippen LogP contribution in [-0.4, -0.2) is 37.4 Å². The second-order valence-electron chi connectivity index (χ2n) is 23.3. The minimum atomic E-state index is -4.27. The van der Waals surface area contributed by atoms with Gasteiger partial charge in [-0.1, -0.05) is 176 Å². The van der Waals surface area contributed by atoms with Gasteiger partial charge in [-0.05, 0) is 155 Å². The molecule has 0 N–H and O–H groups in total. The van der Waals surface area contributed by atoms with Gasteiger partial charge in [0.2, 0.25) is 5.69 Å². The predicted octanol–water partition coefficient (Wildman–Crippen LogP) is 13.8. The van der Waals surface area contributed by atoms with Gasteiger partial charge in [0.25, 0.3) is 0 Å². The van der Waals surface area contributed by atoms with Crippen LogP contribution in [0.4, 0.5) is 11.4 Å². The van der Waals surface area contributed by atoms with Crippen LogP contribution in [0.25, 0.3) is 21.5 Å². The maximum atomic E-state index is 10.4. The van der Waals surface area contributed by atoms with Crippen molar-refractivity contribution in [3.05, 3.63) is 227 Å². The quantitative estimate of drug-likeness (QED) is 0.0946. The molecule has 0 radical (unpaired) electrons. The summed E-state index contributed by atoms with van der Waals surface area (Å²) < 4.78 is 36.5. The highest BCUT2D eigenvalue weighted by atomic mass is 127. The normalized spacial score (nSPS) is 17.3. The third-order valence-electron chi connectivity index (χ3n) is 15.1. The van der Waals surface area contributed by atoms with Crippen molar-refractivity contribution in [2.75, 3.05) is 19.0 Å².